The molecule has 2 heterocycles. The molecule has 1 atom stereocenters. The Hall–Kier alpha value is -0.450. The van der Waals surface area contributed by atoms with Crippen LogP contribution in [0.25, 0.3) is 0 Å². The molecule has 1 aliphatic heterocycles. The smallest absolute Gasteiger partial charge is 0.0795 e. The third kappa shape index (κ3) is 2.76. The molecule has 0 aliphatic carbocycles. The molecule has 0 bridgehead atoms. The van der Waals surface area contributed by atoms with E-state index in [4.69, 9.17) is 0 Å². The van der Waals surface area contributed by atoms with E-state index in [-0.39, 0.29) is 0 Å². The van der Waals surface area contributed by atoms with Crippen molar-refractivity contribution in [2.75, 3.05) is 19.6 Å². The summed E-state index contributed by atoms with van der Waals surface area (Å²) in [6.07, 6.45) is 1.31. The van der Waals surface area contributed by atoms with E-state index >= 15 is 0 Å². The van der Waals surface area contributed by atoms with Crippen LogP contribution in [0.2, 0.25) is 0 Å². The highest BCUT2D eigenvalue weighted by atomic mass is 32.1. The highest BCUT2D eigenvalue weighted by Crippen LogP contribution is 2.06. The Morgan fingerprint density at radius 2 is 2.69 bits per heavy atom. The molecular weight excluding hydrogens is 182 g/mol. The maximum Gasteiger partial charge on any atom is 0.0795 e. The molecule has 2 N–H and O–H groups in total. The summed E-state index contributed by atoms with van der Waals surface area (Å²) >= 11 is 1.66. The molecule has 1 aromatic heterocycles. The molecule has 3 nitrogen and oxygen atoms in total. The molecule has 2 rings (SSSR count). The summed E-state index contributed by atoms with van der Waals surface area (Å²) in [5.41, 5.74) is 3.05. The topological polar surface area (TPSA) is 37.0 Å². The predicted octanol–water partition coefficient (Wildman–Crippen LogP) is 0.842. The lowest BCUT2D eigenvalue weighted by atomic mass is 10.1. The summed E-state index contributed by atoms with van der Waals surface area (Å²) in [4.78, 5) is 4.22. The first-order valence-corrected chi connectivity index (χ1v) is 5.68. The Balaban J connectivity index is 1.63. The summed E-state index contributed by atoms with van der Waals surface area (Å²) in [5, 5.41) is 8.89. The molecule has 0 amide bonds. The highest BCUT2D eigenvalue weighted by Gasteiger charge is 2.13. The summed E-state index contributed by atoms with van der Waals surface area (Å²) < 4.78 is 0. The fourth-order valence-electron chi connectivity index (χ4n) is 1.62. The lowest BCUT2D eigenvalue weighted by molar-refractivity contribution is 0.510. The van der Waals surface area contributed by atoms with Gasteiger partial charge in [-0.3, -0.25) is 0 Å². The van der Waals surface area contributed by atoms with Crippen LogP contribution in [0.1, 0.15) is 12.1 Å². The maximum absolute atomic E-state index is 4.22. The molecular formula is C9H15N3S. The van der Waals surface area contributed by atoms with Crippen molar-refractivity contribution >= 4 is 11.3 Å². The van der Waals surface area contributed by atoms with Gasteiger partial charge in [0, 0.05) is 11.9 Å². The zero-order chi connectivity index (χ0) is 8.93. The minimum atomic E-state index is 0.818. The molecule has 4 heteroatoms. The molecule has 1 aliphatic rings. The lowest BCUT2D eigenvalue weighted by Gasteiger charge is -2.08. The Labute approximate surface area is 82.6 Å². The predicted molar refractivity (Wildman–Crippen MR) is 54.8 cm³/mol. The molecule has 1 unspecified atom stereocenters. The molecule has 0 aromatic carbocycles. The molecule has 13 heavy (non-hydrogen) atoms. The zero-order valence-electron chi connectivity index (χ0n) is 7.62. The van der Waals surface area contributed by atoms with Gasteiger partial charge in [-0.15, -0.1) is 11.3 Å². The number of nitrogens with one attached hydrogen (secondary N) is 2. The van der Waals surface area contributed by atoms with Gasteiger partial charge in [0.2, 0.25) is 0 Å². The van der Waals surface area contributed by atoms with E-state index < -0.39 is 0 Å². The van der Waals surface area contributed by atoms with Gasteiger partial charge in [-0.25, -0.2) is 4.98 Å². The molecule has 1 fully saturated rings. The van der Waals surface area contributed by atoms with E-state index in [2.05, 4.69) is 21.0 Å². The van der Waals surface area contributed by atoms with Crippen LogP contribution in [0.5, 0.6) is 0 Å². The van der Waals surface area contributed by atoms with Crippen LogP contribution < -0.4 is 10.6 Å². The fourth-order valence-corrected chi connectivity index (χ4v) is 2.18. The van der Waals surface area contributed by atoms with Gasteiger partial charge in [0.1, 0.15) is 0 Å². The van der Waals surface area contributed by atoms with Gasteiger partial charge in [-0.2, -0.15) is 0 Å². The zero-order valence-corrected chi connectivity index (χ0v) is 8.44. The van der Waals surface area contributed by atoms with E-state index in [1.165, 1.54) is 19.5 Å². The molecule has 0 radical (unpaired) electrons. The van der Waals surface area contributed by atoms with Gasteiger partial charge >= 0.3 is 0 Å². The van der Waals surface area contributed by atoms with Crippen LogP contribution >= 0.6 is 11.3 Å². The average Bonchev–Trinajstić information content (AvgIpc) is 2.75. The number of hydrogen-bond acceptors (Lipinski definition) is 4. The second-order valence-electron chi connectivity index (χ2n) is 3.47. The van der Waals surface area contributed by atoms with E-state index in [9.17, 15) is 0 Å². The normalized spacial score (nSPS) is 22.3. The van der Waals surface area contributed by atoms with Crippen molar-refractivity contribution < 1.29 is 0 Å². The van der Waals surface area contributed by atoms with E-state index in [0.29, 0.717) is 0 Å². The van der Waals surface area contributed by atoms with Crippen molar-refractivity contribution in [1.82, 2.24) is 15.6 Å². The van der Waals surface area contributed by atoms with Crippen molar-refractivity contribution in [3.63, 3.8) is 0 Å². The first-order chi connectivity index (χ1) is 6.45. The number of thiazole rings is 1. The van der Waals surface area contributed by atoms with E-state index in [1.807, 2.05) is 5.51 Å². The van der Waals surface area contributed by atoms with Crippen LogP contribution in [-0.2, 0) is 6.54 Å². The van der Waals surface area contributed by atoms with Crippen LogP contribution in [-0.4, -0.2) is 24.6 Å². The SMILES string of the molecule is c1nc(CNCC2CCNC2)cs1. The lowest BCUT2D eigenvalue weighted by Crippen LogP contribution is -2.24. The molecule has 1 saturated heterocycles. The molecule has 0 spiro atoms. The Morgan fingerprint density at radius 3 is 3.38 bits per heavy atom. The number of rotatable bonds is 4. The van der Waals surface area contributed by atoms with Crippen LogP contribution in [0, 0.1) is 5.92 Å². The van der Waals surface area contributed by atoms with Crippen molar-refractivity contribution in [3.05, 3.63) is 16.6 Å². The van der Waals surface area contributed by atoms with E-state index in [1.54, 1.807) is 11.3 Å². The summed E-state index contributed by atoms with van der Waals surface area (Å²) in [5.74, 6) is 0.818. The minimum absolute atomic E-state index is 0.818. The summed E-state index contributed by atoms with van der Waals surface area (Å²) in [6, 6.07) is 0. The van der Waals surface area contributed by atoms with Crippen LogP contribution in [0.3, 0.4) is 0 Å². The summed E-state index contributed by atoms with van der Waals surface area (Å²) in [6.45, 7) is 4.39. The standard InChI is InChI=1S/C9H15N3S/c1-2-10-3-8(1)4-11-5-9-6-13-7-12-9/h6-8,10-11H,1-5H2. The van der Waals surface area contributed by atoms with Gasteiger partial charge in [-0.1, -0.05) is 0 Å². The maximum atomic E-state index is 4.22. The molecule has 72 valence electrons. The van der Waals surface area contributed by atoms with Crippen molar-refractivity contribution in [1.29, 1.82) is 0 Å². The minimum Gasteiger partial charge on any atom is -0.316 e. The van der Waals surface area contributed by atoms with E-state index in [0.717, 1.165) is 24.7 Å². The number of nitrogens with zero attached hydrogens (tertiary/aromatic N) is 1. The first kappa shape index (κ1) is 9.12. The van der Waals surface area contributed by atoms with Crippen LogP contribution in [0.15, 0.2) is 10.9 Å². The molecule has 1 aromatic rings. The van der Waals surface area contributed by atoms with Crippen LogP contribution in [0.4, 0.5) is 0 Å². The van der Waals surface area contributed by atoms with Gasteiger partial charge in [0.05, 0.1) is 11.2 Å². The first-order valence-electron chi connectivity index (χ1n) is 4.73. The third-order valence-corrected chi connectivity index (χ3v) is 3.02. The van der Waals surface area contributed by atoms with Gasteiger partial charge < -0.3 is 10.6 Å². The van der Waals surface area contributed by atoms with Gasteiger partial charge in [0.25, 0.3) is 0 Å². The average molecular weight is 197 g/mol. The monoisotopic (exact) mass is 197 g/mol. The number of hydrogen-bond donors (Lipinski definition) is 2. The molecule has 0 saturated carbocycles. The number of aromatic nitrogens is 1. The van der Waals surface area contributed by atoms with Gasteiger partial charge in [-0.05, 0) is 32.0 Å². The second kappa shape index (κ2) is 4.69. The Bertz CT molecular complexity index is 229. The Morgan fingerprint density at radius 1 is 1.69 bits per heavy atom. The van der Waals surface area contributed by atoms with Gasteiger partial charge in [0.15, 0.2) is 0 Å². The fraction of sp³-hybridized carbons (Fsp3) is 0.667. The quantitative estimate of drug-likeness (QED) is 0.751. The highest BCUT2D eigenvalue weighted by molar-refractivity contribution is 7.07. The van der Waals surface area contributed by atoms with Crippen molar-refractivity contribution in [2.45, 2.75) is 13.0 Å². The third-order valence-electron chi connectivity index (χ3n) is 2.38. The van der Waals surface area contributed by atoms with Crippen molar-refractivity contribution in [3.8, 4) is 0 Å². The summed E-state index contributed by atoms with van der Waals surface area (Å²) in [7, 11) is 0. The van der Waals surface area contributed by atoms with Crippen molar-refractivity contribution in [2.24, 2.45) is 5.92 Å². The Kier molecular flexibility index (Phi) is 3.29. The second-order valence-corrected chi connectivity index (χ2v) is 4.19. The largest absolute Gasteiger partial charge is 0.316 e.